The lowest BCUT2D eigenvalue weighted by Crippen LogP contribution is -2.45. The largest absolute Gasteiger partial charge is 0.327 e. The molecule has 23 heavy (non-hydrogen) atoms. The van der Waals surface area contributed by atoms with Crippen LogP contribution in [0.5, 0.6) is 0 Å². The quantitative estimate of drug-likeness (QED) is 0.809. The Hall–Kier alpha value is -2.50. The second kappa shape index (κ2) is 5.61. The molecular formula is C17H18FN3O2. The van der Waals surface area contributed by atoms with Gasteiger partial charge < -0.3 is 4.90 Å². The summed E-state index contributed by atoms with van der Waals surface area (Å²) in [5.74, 6) is -0.488. The second-order valence-electron chi connectivity index (χ2n) is 5.97. The number of hydrogen-bond donors (Lipinski definition) is 0. The molecule has 2 atom stereocenters. The molecule has 2 heterocycles. The van der Waals surface area contributed by atoms with E-state index < -0.39 is 0 Å². The summed E-state index contributed by atoms with van der Waals surface area (Å²) >= 11 is 0. The van der Waals surface area contributed by atoms with E-state index in [0.717, 1.165) is 15.8 Å². The maximum Gasteiger partial charge on any atom is 0.275 e. The van der Waals surface area contributed by atoms with Gasteiger partial charge in [0.25, 0.3) is 11.5 Å². The highest BCUT2D eigenvalue weighted by molar-refractivity contribution is 5.92. The number of fused-ring (bicyclic) bond motifs is 1. The van der Waals surface area contributed by atoms with Crippen LogP contribution in [0.2, 0.25) is 0 Å². The summed E-state index contributed by atoms with van der Waals surface area (Å²) in [5.41, 5.74) is 1.85. The van der Waals surface area contributed by atoms with E-state index in [1.165, 1.54) is 31.3 Å². The monoisotopic (exact) mass is 315 g/mol. The summed E-state index contributed by atoms with van der Waals surface area (Å²) in [6.07, 6.45) is 0.592. The molecule has 1 aromatic carbocycles. The summed E-state index contributed by atoms with van der Waals surface area (Å²) in [7, 11) is 1.51. The summed E-state index contributed by atoms with van der Waals surface area (Å²) in [6.45, 7) is 3.86. The van der Waals surface area contributed by atoms with Crippen LogP contribution in [0.15, 0.2) is 35.1 Å². The molecule has 1 aliphatic rings. The number of aromatic nitrogens is 2. The molecule has 0 fully saturated rings. The fourth-order valence-electron chi connectivity index (χ4n) is 3.23. The van der Waals surface area contributed by atoms with E-state index in [1.54, 1.807) is 11.0 Å². The van der Waals surface area contributed by atoms with Gasteiger partial charge in [-0.25, -0.2) is 9.07 Å². The van der Waals surface area contributed by atoms with Gasteiger partial charge in [-0.3, -0.25) is 9.59 Å². The van der Waals surface area contributed by atoms with Gasteiger partial charge in [0, 0.05) is 19.2 Å². The Bertz CT molecular complexity index is 831. The van der Waals surface area contributed by atoms with Crippen molar-refractivity contribution >= 4 is 5.91 Å². The van der Waals surface area contributed by atoms with E-state index in [9.17, 15) is 14.0 Å². The normalized spacial score (nSPS) is 20.3. The molecule has 1 aromatic heterocycles. The number of hydrogen-bond acceptors (Lipinski definition) is 3. The molecule has 0 N–H and O–H groups in total. The SMILES string of the molecule is CC1Cc2cc(F)ccc2C(C)N1C(=O)c1ccc(=O)n(C)n1. The number of aryl methyl sites for hydroxylation is 1. The van der Waals surface area contributed by atoms with Gasteiger partial charge >= 0.3 is 0 Å². The van der Waals surface area contributed by atoms with Crippen LogP contribution in [0.25, 0.3) is 0 Å². The van der Waals surface area contributed by atoms with E-state index in [4.69, 9.17) is 0 Å². The highest BCUT2D eigenvalue weighted by Gasteiger charge is 2.34. The predicted octanol–water partition coefficient (Wildman–Crippen LogP) is 2.07. The van der Waals surface area contributed by atoms with E-state index in [0.29, 0.717) is 6.42 Å². The van der Waals surface area contributed by atoms with Gasteiger partial charge in [-0.05, 0) is 49.6 Å². The molecule has 3 rings (SSSR count). The van der Waals surface area contributed by atoms with E-state index >= 15 is 0 Å². The molecule has 0 radical (unpaired) electrons. The van der Waals surface area contributed by atoms with Gasteiger partial charge in [0.15, 0.2) is 0 Å². The number of carbonyl (C=O) groups excluding carboxylic acids is 1. The number of benzene rings is 1. The van der Waals surface area contributed by atoms with E-state index in [-0.39, 0.29) is 35.1 Å². The molecule has 0 bridgehead atoms. The molecule has 1 amide bonds. The van der Waals surface area contributed by atoms with Gasteiger partial charge in [-0.15, -0.1) is 0 Å². The molecule has 0 aliphatic carbocycles. The Labute approximate surface area is 133 Å². The molecule has 2 aromatic rings. The van der Waals surface area contributed by atoms with Crippen molar-refractivity contribution in [1.82, 2.24) is 14.7 Å². The topological polar surface area (TPSA) is 55.2 Å². The summed E-state index contributed by atoms with van der Waals surface area (Å²) < 4.78 is 14.6. The summed E-state index contributed by atoms with van der Waals surface area (Å²) in [5, 5.41) is 4.04. The zero-order chi connectivity index (χ0) is 16.7. The lowest BCUT2D eigenvalue weighted by Gasteiger charge is -2.40. The zero-order valence-electron chi connectivity index (χ0n) is 13.3. The Balaban J connectivity index is 1.99. The zero-order valence-corrected chi connectivity index (χ0v) is 13.3. The van der Waals surface area contributed by atoms with E-state index in [1.807, 2.05) is 13.8 Å². The van der Waals surface area contributed by atoms with Crippen molar-refractivity contribution in [1.29, 1.82) is 0 Å². The van der Waals surface area contributed by atoms with Crippen molar-refractivity contribution in [3.8, 4) is 0 Å². The van der Waals surface area contributed by atoms with Crippen LogP contribution in [0.1, 0.15) is 41.5 Å². The fourth-order valence-corrected chi connectivity index (χ4v) is 3.23. The van der Waals surface area contributed by atoms with Crippen molar-refractivity contribution < 1.29 is 9.18 Å². The Morgan fingerprint density at radius 2 is 2.00 bits per heavy atom. The van der Waals surface area contributed by atoms with Crippen molar-refractivity contribution in [2.45, 2.75) is 32.4 Å². The van der Waals surface area contributed by atoms with Gasteiger partial charge in [0.05, 0.1) is 6.04 Å². The molecular weight excluding hydrogens is 297 g/mol. The molecule has 0 saturated carbocycles. The average Bonchev–Trinajstić information content (AvgIpc) is 2.49. The smallest absolute Gasteiger partial charge is 0.275 e. The first-order valence-electron chi connectivity index (χ1n) is 7.54. The lowest BCUT2D eigenvalue weighted by atomic mass is 9.89. The van der Waals surface area contributed by atoms with Gasteiger partial charge in [-0.1, -0.05) is 6.07 Å². The highest BCUT2D eigenvalue weighted by atomic mass is 19.1. The molecule has 120 valence electrons. The number of nitrogens with zero attached hydrogens (tertiary/aromatic N) is 3. The standard InChI is InChI=1S/C17H18FN3O2/c1-10-8-12-9-13(18)4-5-14(12)11(2)21(10)17(23)15-6-7-16(22)20(3)19-15/h4-7,9-11H,8H2,1-3H3. The maximum absolute atomic E-state index is 13.4. The van der Waals surface area contributed by atoms with Crippen LogP contribution in [0, 0.1) is 5.82 Å². The minimum Gasteiger partial charge on any atom is -0.327 e. The van der Waals surface area contributed by atoms with Crippen LogP contribution in [-0.2, 0) is 13.5 Å². The van der Waals surface area contributed by atoms with Gasteiger partial charge in [-0.2, -0.15) is 5.10 Å². The minimum atomic E-state index is -0.262. The van der Waals surface area contributed by atoms with Gasteiger partial charge in [0.1, 0.15) is 11.5 Å². The number of carbonyl (C=O) groups is 1. The third-order valence-electron chi connectivity index (χ3n) is 4.38. The summed E-state index contributed by atoms with van der Waals surface area (Å²) in [6, 6.07) is 7.21. The molecule has 5 nitrogen and oxygen atoms in total. The number of rotatable bonds is 1. The van der Waals surface area contributed by atoms with Gasteiger partial charge in [0.2, 0.25) is 0 Å². The maximum atomic E-state index is 13.4. The Kier molecular flexibility index (Phi) is 3.75. The third kappa shape index (κ3) is 2.65. The summed E-state index contributed by atoms with van der Waals surface area (Å²) in [4.78, 5) is 26.0. The van der Waals surface area contributed by atoms with Crippen LogP contribution in [0.3, 0.4) is 0 Å². The van der Waals surface area contributed by atoms with Crippen LogP contribution in [0.4, 0.5) is 4.39 Å². The molecule has 0 spiro atoms. The van der Waals surface area contributed by atoms with Crippen molar-refractivity contribution in [2.75, 3.05) is 0 Å². The van der Waals surface area contributed by atoms with Crippen LogP contribution < -0.4 is 5.56 Å². The average molecular weight is 315 g/mol. The second-order valence-corrected chi connectivity index (χ2v) is 5.97. The molecule has 6 heteroatoms. The first kappa shape index (κ1) is 15.4. The fraction of sp³-hybridized carbons (Fsp3) is 0.353. The van der Waals surface area contributed by atoms with Crippen molar-refractivity contribution in [2.24, 2.45) is 7.05 Å². The molecule has 0 saturated heterocycles. The van der Waals surface area contributed by atoms with Crippen molar-refractivity contribution in [3.63, 3.8) is 0 Å². The number of halogens is 1. The first-order valence-corrected chi connectivity index (χ1v) is 7.54. The van der Waals surface area contributed by atoms with Crippen LogP contribution in [-0.4, -0.2) is 26.6 Å². The van der Waals surface area contributed by atoms with Crippen molar-refractivity contribution in [3.05, 3.63) is 63.3 Å². The highest BCUT2D eigenvalue weighted by Crippen LogP contribution is 2.34. The predicted molar refractivity (Wildman–Crippen MR) is 83.6 cm³/mol. The lowest BCUT2D eigenvalue weighted by molar-refractivity contribution is 0.0571. The Morgan fingerprint density at radius 3 is 2.70 bits per heavy atom. The number of amides is 1. The van der Waals surface area contributed by atoms with Crippen LogP contribution >= 0.6 is 0 Å². The first-order chi connectivity index (χ1) is 10.9. The third-order valence-corrected chi connectivity index (χ3v) is 4.38. The molecule has 1 aliphatic heterocycles. The van der Waals surface area contributed by atoms with E-state index in [2.05, 4.69) is 5.10 Å². The Morgan fingerprint density at radius 1 is 1.26 bits per heavy atom. The molecule has 2 unspecified atom stereocenters. The minimum absolute atomic E-state index is 0.0779.